The summed E-state index contributed by atoms with van der Waals surface area (Å²) in [6.45, 7) is 6.10. The Morgan fingerprint density at radius 1 is 1.43 bits per heavy atom. The monoisotopic (exact) mass is 374 g/mol. The molecule has 0 atom stereocenters. The number of nitrogens with one attached hydrogen (secondary N) is 1. The summed E-state index contributed by atoms with van der Waals surface area (Å²) >= 11 is 9.23. The van der Waals surface area contributed by atoms with Crippen molar-refractivity contribution in [1.82, 2.24) is 20.1 Å². The molecule has 1 saturated heterocycles. The summed E-state index contributed by atoms with van der Waals surface area (Å²) in [6, 6.07) is 1.69. The van der Waals surface area contributed by atoms with Gasteiger partial charge < -0.3 is 15.1 Å². The van der Waals surface area contributed by atoms with E-state index in [1.165, 1.54) is 0 Å². The number of aromatic nitrogens is 1. The Kier molecular flexibility index (Phi) is 6.41. The Morgan fingerprint density at radius 2 is 2.14 bits per heavy atom. The highest BCUT2D eigenvalue weighted by atomic mass is 79.9. The van der Waals surface area contributed by atoms with E-state index in [-0.39, 0.29) is 11.1 Å². The number of halogens is 2. The number of carbonyl (C=O) groups is 1. The quantitative estimate of drug-likeness (QED) is 0.630. The summed E-state index contributed by atoms with van der Waals surface area (Å²) in [6.07, 6.45) is 2.51. The van der Waals surface area contributed by atoms with Gasteiger partial charge in [0.1, 0.15) is 5.15 Å². The van der Waals surface area contributed by atoms with Gasteiger partial charge in [0.2, 0.25) is 0 Å². The van der Waals surface area contributed by atoms with Gasteiger partial charge in [0.05, 0.1) is 5.56 Å². The maximum atomic E-state index is 12.0. The molecule has 21 heavy (non-hydrogen) atoms. The molecule has 0 aliphatic carbocycles. The van der Waals surface area contributed by atoms with E-state index < -0.39 is 0 Å². The van der Waals surface area contributed by atoms with Crippen LogP contribution in [-0.2, 0) is 0 Å². The van der Waals surface area contributed by atoms with Gasteiger partial charge in [-0.25, -0.2) is 4.98 Å². The second kappa shape index (κ2) is 8.08. The maximum Gasteiger partial charge on any atom is 0.254 e. The molecule has 5 nitrogen and oxygen atoms in total. The minimum absolute atomic E-state index is 0.174. The fourth-order valence-electron chi connectivity index (χ4n) is 2.25. The summed E-state index contributed by atoms with van der Waals surface area (Å²) in [5.41, 5.74) is 0.408. The lowest BCUT2D eigenvalue weighted by molar-refractivity contribution is 0.0949. The lowest BCUT2D eigenvalue weighted by Crippen LogP contribution is -2.45. The molecule has 0 spiro atoms. The minimum atomic E-state index is -0.174. The van der Waals surface area contributed by atoms with Crippen LogP contribution in [0.4, 0.5) is 0 Å². The molecule has 0 bridgehead atoms. The van der Waals surface area contributed by atoms with Crippen molar-refractivity contribution in [2.24, 2.45) is 0 Å². The average molecular weight is 376 g/mol. The SMILES string of the molecule is CN1CCN(CCCNC(=O)c2cc(Br)cnc2Cl)CC1. The number of hydrogen-bond donors (Lipinski definition) is 1. The van der Waals surface area contributed by atoms with E-state index in [0.717, 1.165) is 43.6 Å². The van der Waals surface area contributed by atoms with Crippen molar-refractivity contribution in [3.63, 3.8) is 0 Å². The van der Waals surface area contributed by atoms with Gasteiger partial charge in [-0.3, -0.25) is 4.79 Å². The smallest absolute Gasteiger partial charge is 0.254 e. The summed E-state index contributed by atoms with van der Waals surface area (Å²) < 4.78 is 0.745. The zero-order valence-electron chi connectivity index (χ0n) is 12.1. The predicted octanol–water partition coefficient (Wildman–Crippen LogP) is 1.86. The number of hydrogen-bond acceptors (Lipinski definition) is 4. The number of pyridine rings is 1. The highest BCUT2D eigenvalue weighted by Gasteiger charge is 2.14. The van der Waals surface area contributed by atoms with Gasteiger partial charge in [0.25, 0.3) is 5.91 Å². The molecule has 0 aromatic carbocycles. The second-order valence-electron chi connectivity index (χ2n) is 5.25. The van der Waals surface area contributed by atoms with E-state index in [2.05, 4.69) is 43.1 Å². The topological polar surface area (TPSA) is 48.5 Å². The molecule has 1 aromatic rings. The van der Waals surface area contributed by atoms with E-state index in [0.29, 0.717) is 12.1 Å². The number of carbonyl (C=O) groups excluding carboxylic acids is 1. The predicted molar refractivity (Wildman–Crippen MR) is 87.8 cm³/mol. The number of piperazine rings is 1. The first kappa shape index (κ1) is 16.7. The molecule has 1 aromatic heterocycles. The largest absolute Gasteiger partial charge is 0.352 e. The van der Waals surface area contributed by atoms with Crippen LogP contribution in [-0.4, -0.2) is 67.0 Å². The van der Waals surface area contributed by atoms with Crippen LogP contribution in [0.1, 0.15) is 16.8 Å². The van der Waals surface area contributed by atoms with E-state index in [4.69, 9.17) is 11.6 Å². The first-order valence-corrected chi connectivity index (χ1v) is 8.23. The highest BCUT2D eigenvalue weighted by Crippen LogP contribution is 2.17. The van der Waals surface area contributed by atoms with Crippen LogP contribution in [0.25, 0.3) is 0 Å². The van der Waals surface area contributed by atoms with Gasteiger partial charge in [-0.05, 0) is 42.0 Å². The zero-order valence-corrected chi connectivity index (χ0v) is 14.5. The summed E-state index contributed by atoms with van der Waals surface area (Å²) in [5, 5.41) is 3.13. The van der Waals surface area contributed by atoms with Crippen LogP contribution in [0.15, 0.2) is 16.7 Å². The molecule has 0 saturated carbocycles. The normalized spacial score (nSPS) is 16.9. The van der Waals surface area contributed by atoms with E-state index >= 15 is 0 Å². The van der Waals surface area contributed by atoms with Crippen molar-refractivity contribution in [1.29, 1.82) is 0 Å². The van der Waals surface area contributed by atoms with Crippen LogP contribution in [0, 0.1) is 0 Å². The van der Waals surface area contributed by atoms with Crippen LogP contribution in [0.2, 0.25) is 5.15 Å². The Hall–Kier alpha value is -0.690. The second-order valence-corrected chi connectivity index (χ2v) is 6.52. The number of likely N-dealkylation sites (N-methyl/N-ethyl adjacent to an activating group) is 1. The molecule has 1 aliphatic rings. The molecule has 0 unspecified atom stereocenters. The molecule has 7 heteroatoms. The zero-order chi connectivity index (χ0) is 15.2. The van der Waals surface area contributed by atoms with E-state index in [1.807, 2.05) is 0 Å². The van der Waals surface area contributed by atoms with Crippen molar-refractivity contribution in [2.45, 2.75) is 6.42 Å². The third-order valence-electron chi connectivity index (χ3n) is 3.58. The Balaban J connectivity index is 1.71. The van der Waals surface area contributed by atoms with Gasteiger partial charge in [-0.1, -0.05) is 11.6 Å². The summed E-state index contributed by atoms with van der Waals surface area (Å²) in [5.74, 6) is -0.174. The number of rotatable bonds is 5. The molecule has 1 aliphatic heterocycles. The Bertz CT molecular complexity index is 492. The summed E-state index contributed by atoms with van der Waals surface area (Å²) in [7, 11) is 2.15. The molecule has 2 rings (SSSR count). The first-order chi connectivity index (χ1) is 10.1. The van der Waals surface area contributed by atoms with Gasteiger partial charge in [-0.15, -0.1) is 0 Å². The van der Waals surface area contributed by atoms with Crippen molar-refractivity contribution >= 4 is 33.4 Å². The molecule has 116 valence electrons. The molecule has 2 heterocycles. The fraction of sp³-hybridized carbons (Fsp3) is 0.571. The lowest BCUT2D eigenvalue weighted by Gasteiger charge is -2.32. The molecular formula is C14H20BrClN4O. The molecule has 1 N–H and O–H groups in total. The van der Waals surface area contributed by atoms with Crippen LogP contribution >= 0.6 is 27.5 Å². The molecule has 1 fully saturated rings. The Morgan fingerprint density at radius 3 is 2.86 bits per heavy atom. The first-order valence-electron chi connectivity index (χ1n) is 7.06. The maximum absolute atomic E-state index is 12.0. The molecular weight excluding hydrogens is 356 g/mol. The lowest BCUT2D eigenvalue weighted by atomic mass is 10.2. The van der Waals surface area contributed by atoms with Crippen LogP contribution in [0.3, 0.4) is 0 Å². The molecule has 0 radical (unpaired) electrons. The number of nitrogens with zero attached hydrogens (tertiary/aromatic N) is 3. The van der Waals surface area contributed by atoms with Crippen LogP contribution < -0.4 is 5.32 Å². The van der Waals surface area contributed by atoms with Gasteiger partial charge in [0, 0.05) is 43.4 Å². The van der Waals surface area contributed by atoms with E-state index in [1.54, 1.807) is 12.3 Å². The van der Waals surface area contributed by atoms with Gasteiger partial charge in [0.15, 0.2) is 0 Å². The van der Waals surface area contributed by atoms with Gasteiger partial charge in [-0.2, -0.15) is 0 Å². The van der Waals surface area contributed by atoms with Crippen molar-refractivity contribution in [3.05, 3.63) is 27.5 Å². The number of amides is 1. The summed E-state index contributed by atoms with van der Waals surface area (Å²) in [4.78, 5) is 20.8. The van der Waals surface area contributed by atoms with Crippen molar-refractivity contribution in [2.75, 3.05) is 46.3 Å². The van der Waals surface area contributed by atoms with Gasteiger partial charge >= 0.3 is 0 Å². The van der Waals surface area contributed by atoms with Crippen molar-refractivity contribution < 1.29 is 4.79 Å². The van der Waals surface area contributed by atoms with Crippen molar-refractivity contribution in [3.8, 4) is 0 Å². The average Bonchev–Trinajstić information content (AvgIpc) is 2.47. The van der Waals surface area contributed by atoms with E-state index in [9.17, 15) is 4.79 Å². The Labute approximate surface area is 138 Å². The molecule has 1 amide bonds. The highest BCUT2D eigenvalue weighted by molar-refractivity contribution is 9.10. The standard InChI is InChI=1S/C14H20BrClN4O/c1-19-5-7-20(8-6-19)4-2-3-17-14(21)12-9-11(15)10-18-13(12)16/h9-10H,2-8H2,1H3,(H,17,21). The third kappa shape index (κ3) is 5.21. The fourth-order valence-corrected chi connectivity index (χ4v) is 2.77. The minimum Gasteiger partial charge on any atom is -0.352 e. The van der Waals surface area contributed by atoms with Crippen LogP contribution in [0.5, 0.6) is 0 Å². The third-order valence-corrected chi connectivity index (χ3v) is 4.32.